The molecule has 2 N–H and O–H groups in total. The Bertz CT molecular complexity index is 795. The van der Waals surface area contributed by atoms with Gasteiger partial charge in [-0.25, -0.2) is 0 Å². The van der Waals surface area contributed by atoms with E-state index >= 15 is 0 Å². The molecule has 3 rings (SSSR count). The van der Waals surface area contributed by atoms with Gasteiger partial charge in [-0.15, -0.1) is 0 Å². The lowest BCUT2D eigenvalue weighted by molar-refractivity contribution is -0.174. The number of fused-ring (bicyclic) bond motifs is 1. The molecule has 2 aromatic rings. The number of rotatable bonds is 5. The predicted octanol–water partition coefficient (Wildman–Crippen LogP) is 2.24. The zero-order valence-electron chi connectivity index (χ0n) is 13.6. The monoisotopic (exact) mass is 328 g/mol. The number of benzene rings is 2. The van der Waals surface area contributed by atoms with Gasteiger partial charge in [-0.2, -0.15) is 10.1 Å². The van der Waals surface area contributed by atoms with Crippen LogP contribution in [0.1, 0.15) is 26.7 Å². The third-order valence-electron chi connectivity index (χ3n) is 4.02. The average Bonchev–Trinajstić information content (AvgIpc) is 2.79. The number of nitrogens with zero attached hydrogens (tertiary/aromatic N) is 2. The molecule has 1 aliphatic heterocycles. The summed E-state index contributed by atoms with van der Waals surface area (Å²) in [5, 5.41) is 27.0. The molecule has 0 bridgehead atoms. The van der Waals surface area contributed by atoms with Crippen LogP contribution in [0.2, 0.25) is 0 Å². The van der Waals surface area contributed by atoms with Crippen LogP contribution in [-0.2, 0) is 4.79 Å². The predicted molar refractivity (Wildman–Crippen MR) is 90.4 cm³/mol. The maximum Gasteiger partial charge on any atom is 0.312 e. The van der Waals surface area contributed by atoms with Crippen LogP contribution in [0.3, 0.4) is 0 Å². The Morgan fingerprint density at radius 3 is 2.67 bits per heavy atom. The first-order chi connectivity index (χ1) is 11.4. The zero-order chi connectivity index (χ0) is 17.3. The zero-order valence-corrected chi connectivity index (χ0v) is 13.6. The summed E-state index contributed by atoms with van der Waals surface area (Å²) in [4.78, 5) is 12.2. The van der Waals surface area contributed by atoms with Crippen molar-refractivity contribution in [2.75, 3.05) is 0 Å². The van der Waals surface area contributed by atoms with Crippen molar-refractivity contribution in [3.63, 3.8) is 0 Å². The Balaban J connectivity index is 1.87. The Hall–Kier alpha value is -2.44. The van der Waals surface area contributed by atoms with Gasteiger partial charge in [0.25, 0.3) is 5.79 Å². The minimum absolute atomic E-state index is 0.0448. The number of hydrogen-bond donors (Lipinski definition) is 2. The molecule has 1 atom stereocenters. The molecule has 126 valence electrons. The molecule has 1 aliphatic rings. The molecule has 6 heteroatoms. The van der Waals surface area contributed by atoms with Crippen molar-refractivity contribution in [3.05, 3.63) is 42.5 Å². The van der Waals surface area contributed by atoms with Gasteiger partial charge in [-0.3, -0.25) is 4.79 Å². The van der Waals surface area contributed by atoms with E-state index < -0.39 is 17.9 Å². The van der Waals surface area contributed by atoms with E-state index in [1.165, 1.54) is 0 Å². The van der Waals surface area contributed by atoms with Crippen LogP contribution in [-0.4, -0.2) is 38.9 Å². The largest absolute Gasteiger partial charge is 0.468 e. The Labute approximate surface area is 140 Å². The van der Waals surface area contributed by atoms with E-state index in [4.69, 9.17) is 4.74 Å². The van der Waals surface area contributed by atoms with Crippen LogP contribution in [0.15, 0.2) is 47.6 Å². The fraction of sp³-hybridized carbons (Fsp3) is 0.333. The fourth-order valence-electron chi connectivity index (χ4n) is 2.77. The third-order valence-corrected chi connectivity index (χ3v) is 4.02. The normalized spacial score (nSPS) is 17.9. The Morgan fingerprint density at radius 2 is 1.92 bits per heavy atom. The van der Waals surface area contributed by atoms with Gasteiger partial charge in [-0.05, 0) is 24.8 Å². The van der Waals surface area contributed by atoms with Crippen molar-refractivity contribution in [1.29, 1.82) is 0 Å². The quantitative estimate of drug-likeness (QED) is 0.825. The molecule has 0 fully saturated rings. The fourth-order valence-corrected chi connectivity index (χ4v) is 2.77. The van der Waals surface area contributed by atoms with Gasteiger partial charge in [0.2, 0.25) is 0 Å². The molecular formula is C18H20N2O4. The lowest BCUT2D eigenvalue weighted by Crippen LogP contribution is -2.49. The minimum Gasteiger partial charge on any atom is -0.468 e. The second-order valence-corrected chi connectivity index (χ2v) is 5.81. The maximum absolute atomic E-state index is 12.2. The molecule has 1 unspecified atom stereocenters. The molecule has 1 heterocycles. The van der Waals surface area contributed by atoms with Crippen LogP contribution in [0.25, 0.3) is 10.8 Å². The van der Waals surface area contributed by atoms with Crippen LogP contribution in [0.4, 0.5) is 0 Å². The Kier molecular flexibility index (Phi) is 4.26. The highest BCUT2D eigenvalue weighted by Gasteiger charge is 2.49. The van der Waals surface area contributed by atoms with E-state index in [1.54, 1.807) is 13.0 Å². The molecule has 0 aromatic heterocycles. The second kappa shape index (κ2) is 6.22. The van der Waals surface area contributed by atoms with Gasteiger partial charge in [0, 0.05) is 5.39 Å². The van der Waals surface area contributed by atoms with Gasteiger partial charge < -0.3 is 14.9 Å². The highest BCUT2D eigenvalue weighted by molar-refractivity contribution is 6.13. The van der Waals surface area contributed by atoms with Crippen LogP contribution in [0.5, 0.6) is 5.75 Å². The molecule has 0 radical (unpaired) electrons. The molecular weight excluding hydrogens is 308 g/mol. The highest BCUT2D eigenvalue weighted by Crippen LogP contribution is 2.29. The third kappa shape index (κ3) is 2.74. The second-order valence-electron chi connectivity index (χ2n) is 5.81. The summed E-state index contributed by atoms with van der Waals surface area (Å²) < 4.78 is 5.88. The number of amides is 1. The van der Waals surface area contributed by atoms with E-state index in [9.17, 15) is 15.0 Å². The first kappa shape index (κ1) is 16.4. The van der Waals surface area contributed by atoms with Crippen LogP contribution < -0.4 is 4.74 Å². The van der Waals surface area contributed by atoms with Crippen molar-refractivity contribution in [1.82, 2.24) is 5.01 Å². The summed E-state index contributed by atoms with van der Waals surface area (Å²) >= 11 is 0. The van der Waals surface area contributed by atoms with Crippen molar-refractivity contribution < 1.29 is 19.7 Å². The Morgan fingerprint density at radius 1 is 1.21 bits per heavy atom. The lowest BCUT2D eigenvalue weighted by atomic mass is 10.1. The van der Waals surface area contributed by atoms with Crippen molar-refractivity contribution in [3.8, 4) is 5.75 Å². The molecule has 24 heavy (non-hydrogen) atoms. The van der Waals surface area contributed by atoms with Crippen molar-refractivity contribution >= 4 is 22.4 Å². The summed E-state index contributed by atoms with van der Waals surface area (Å²) in [6.07, 6.45) is 0.216. The van der Waals surface area contributed by atoms with Gasteiger partial charge in [0.1, 0.15) is 11.5 Å². The van der Waals surface area contributed by atoms with E-state index in [0.29, 0.717) is 18.6 Å². The molecule has 1 amide bonds. The molecule has 0 spiro atoms. The topological polar surface area (TPSA) is 82.4 Å². The smallest absolute Gasteiger partial charge is 0.312 e. The minimum atomic E-state index is -2.55. The molecule has 0 aliphatic carbocycles. The molecule has 6 nitrogen and oxygen atoms in total. The summed E-state index contributed by atoms with van der Waals surface area (Å²) in [6.45, 7) is 3.52. The summed E-state index contributed by atoms with van der Waals surface area (Å²) in [5.41, 5.74) is 0.0448. The maximum atomic E-state index is 12.2. The summed E-state index contributed by atoms with van der Waals surface area (Å²) in [7, 11) is 0. The van der Waals surface area contributed by atoms with Crippen LogP contribution >= 0.6 is 0 Å². The molecule has 2 aromatic carbocycles. The van der Waals surface area contributed by atoms with Crippen LogP contribution in [0, 0.1) is 0 Å². The number of ether oxygens (including phenoxy) is 1. The number of aliphatic hydroxyl groups is 2. The first-order valence-corrected chi connectivity index (χ1v) is 7.96. The van der Waals surface area contributed by atoms with E-state index in [2.05, 4.69) is 5.10 Å². The average molecular weight is 328 g/mol. The lowest BCUT2D eigenvalue weighted by Gasteiger charge is -2.24. The molecule has 0 saturated heterocycles. The number of hydrogen-bond acceptors (Lipinski definition) is 5. The van der Waals surface area contributed by atoms with E-state index in [-0.39, 0.29) is 5.71 Å². The number of carbonyl (C=O) groups is 1. The summed E-state index contributed by atoms with van der Waals surface area (Å²) in [5.74, 6) is -2.83. The van der Waals surface area contributed by atoms with Crippen molar-refractivity contribution in [2.24, 2.45) is 5.10 Å². The number of hydrazone groups is 1. The van der Waals surface area contributed by atoms with E-state index in [1.807, 2.05) is 43.3 Å². The first-order valence-electron chi connectivity index (χ1n) is 7.96. The highest BCUT2D eigenvalue weighted by atomic mass is 16.5. The van der Waals surface area contributed by atoms with Gasteiger partial charge in [0.05, 0.1) is 0 Å². The van der Waals surface area contributed by atoms with Gasteiger partial charge in [0.15, 0.2) is 6.23 Å². The SMILES string of the molecule is CCCC1=NN(C(C)Oc2cccc3ccccc23)C(=O)C1(O)O. The summed E-state index contributed by atoms with van der Waals surface area (Å²) in [6, 6.07) is 13.4. The number of carbonyl (C=O) groups excluding carboxylic acids is 1. The van der Waals surface area contributed by atoms with Gasteiger partial charge in [-0.1, -0.05) is 49.7 Å². The molecule has 0 saturated carbocycles. The van der Waals surface area contributed by atoms with Gasteiger partial charge >= 0.3 is 5.91 Å². The standard InChI is InChI=1S/C18H20N2O4/c1-3-7-16-18(22,23)17(21)20(19-16)12(2)24-15-11-6-9-13-8-4-5-10-14(13)15/h4-6,8-12,22-23H,3,7H2,1-2H3. The van der Waals surface area contributed by atoms with Crippen molar-refractivity contribution in [2.45, 2.75) is 38.7 Å². The van der Waals surface area contributed by atoms with E-state index in [0.717, 1.165) is 15.8 Å².